The average Bonchev–Trinajstić information content (AvgIpc) is 2.17. The van der Waals surface area contributed by atoms with Gasteiger partial charge >= 0.3 is 0 Å². The van der Waals surface area contributed by atoms with E-state index in [9.17, 15) is 0 Å². The highest BCUT2D eigenvalue weighted by Gasteiger charge is 2.33. The van der Waals surface area contributed by atoms with Gasteiger partial charge in [-0.2, -0.15) is 0 Å². The number of hydrogen-bond donors (Lipinski definition) is 1. The van der Waals surface area contributed by atoms with Crippen LogP contribution in [0.15, 0.2) is 0 Å². The van der Waals surface area contributed by atoms with Crippen molar-refractivity contribution < 1.29 is 4.74 Å². The highest BCUT2D eigenvalue weighted by atomic mass is 16.5. The molecule has 0 heterocycles. The topological polar surface area (TPSA) is 21.3 Å². The van der Waals surface area contributed by atoms with Crippen molar-refractivity contribution >= 4 is 0 Å². The molecule has 2 nitrogen and oxygen atoms in total. The summed E-state index contributed by atoms with van der Waals surface area (Å²) < 4.78 is 5.09. The Morgan fingerprint density at radius 2 is 1.87 bits per heavy atom. The maximum Gasteiger partial charge on any atom is 0.0587 e. The predicted octanol–water partition coefficient (Wildman–Crippen LogP) is 2.83. The molecule has 1 aliphatic carbocycles. The number of methoxy groups -OCH3 is 1. The van der Waals surface area contributed by atoms with Crippen LogP contribution >= 0.6 is 0 Å². The minimum absolute atomic E-state index is 0.436. The quantitative estimate of drug-likeness (QED) is 0.725. The predicted molar refractivity (Wildman–Crippen MR) is 65.1 cm³/mol. The first-order valence-electron chi connectivity index (χ1n) is 6.28. The number of nitrogens with one attached hydrogen (secondary N) is 1. The summed E-state index contributed by atoms with van der Waals surface area (Å²) in [4.78, 5) is 0. The second kappa shape index (κ2) is 5.86. The van der Waals surface area contributed by atoms with Gasteiger partial charge in [0.1, 0.15) is 0 Å². The lowest BCUT2D eigenvalue weighted by Crippen LogP contribution is -2.45. The molecule has 1 aliphatic rings. The van der Waals surface area contributed by atoms with Crippen LogP contribution < -0.4 is 5.32 Å². The van der Waals surface area contributed by atoms with Gasteiger partial charge in [0.2, 0.25) is 0 Å². The van der Waals surface area contributed by atoms with E-state index in [1.54, 1.807) is 7.11 Å². The molecule has 1 N–H and O–H groups in total. The summed E-state index contributed by atoms with van der Waals surface area (Å²) >= 11 is 0. The highest BCUT2D eigenvalue weighted by molar-refractivity contribution is 4.88. The smallest absolute Gasteiger partial charge is 0.0587 e. The zero-order valence-corrected chi connectivity index (χ0v) is 10.8. The van der Waals surface area contributed by atoms with Gasteiger partial charge in [-0.1, -0.05) is 33.6 Å². The van der Waals surface area contributed by atoms with Gasteiger partial charge < -0.3 is 10.1 Å². The van der Waals surface area contributed by atoms with Gasteiger partial charge in [0.15, 0.2) is 0 Å². The van der Waals surface area contributed by atoms with E-state index in [0.717, 1.165) is 19.1 Å². The van der Waals surface area contributed by atoms with E-state index in [1.807, 2.05) is 0 Å². The molecule has 0 amide bonds. The monoisotopic (exact) mass is 213 g/mol. The second-order valence-electron chi connectivity index (χ2n) is 5.81. The first-order chi connectivity index (χ1) is 7.05. The van der Waals surface area contributed by atoms with Crippen molar-refractivity contribution in [1.82, 2.24) is 5.32 Å². The van der Waals surface area contributed by atoms with Crippen LogP contribution in [0.5, 0.6) is 0 Å². The molecule has 90 valence electrons. The third-order valence-electron chi connectivity index (χ3n) is 3.59. The number of rotatable bonds is 4. The van der Waals surface area contributed by atoms with Gasteiger partial charge in [-0.05, 0) is 24.2 Å². The van der Waals surface area contributed by atoms with Crippen LogP contribution in [0.4, 0.5) is 0 Å². The Labute approximate surface area is 94.8 Å². The van der Waals surface area contributed by atoms with Crippen molar-refractivity contribution in [2.45, 2.75) is 52.5 Å². The third-order valence-corrected chi connectivity index (χ3v) is 3.59. The molecule has 0 saturated heterocycles. The Kier molecular flexibility index (Phi) is 5.07. The van der Waals surface area contributed by atoms with E-state index in [2.05, 4.69) is 26.1 Å². The fourth-order valence-corrected chi connectivity index (χ4v) is 2.76. The summed E-state index contributed by atoms with van der Waals surface area (Å²) in [6.45, 7) is 8.93. The highest BCUT2D eigenvalue weighted by Crippen LogP contribution is 2.37. The van der Waals surface area contributed by atoms with Crippen LogP contribution in [-0.4, -0.2) is 26.3 Å². The van der Waals surface area contributed by atoms with Crippen LogP contribution in [0, 0.1) is 11.3 Å². The largest absolute Gasteiger partial charge is 0.383 e. The lowest BCUT2D eigenvalue weighted by atomic mass is 9.69. The summed E-state index contributed by atoms with van der Waals surface area (Å²) in [7, 11) is 1.77. The Morgan fingerprint density at radius 1 is 1.20 bits per heavy atom. The maximum atomic E-state index is 5.09. The van der Waals surface area contributed by atoms with E-state index in [0.29, 0.717) is 11.5 Å². The summed E-state index contributed by atoms with van der Waals surface area (Å²) in [6.07, 6.45) is 5.52. The standard InChI is InChI=1S/C13H27NO/c1-13(2,3)11-7-5-6-8-12(11)14-9-10-15-4/h11-12,14H,5-10H2,1-4H3. The average molecular weight is 213 g/mol. The summed E-state index contributed by atoms with van der Waals surface area (Å²) in [6, 6.07) is 0.703. The van der Waals surface area contributed by atoms with E-state index < -0.39 is 0 Å². The Morgan fingerprint density at radius 3 is 2.47 bits per heavy atom. The first kappa shape index (κ1) is 13.0. The molecule has 2 heteroatoms. The molecule has 1 saturated carbocycles. The molecule has 15 heavy (non-hydrogen) atoms. The molecule has 2 unspecified atom stereocenters. The maximum absolute atomic E-state index is 5.09. The Balaban J connectivity index is 2.43. The molecule has 0 spiro atoms. The fraction of sp³-hybridized carbons (Fsp3) is 1.00. The van der Waals surface area contributed by atoms with Crippen LogP contribution in [-0.2, 0) is 4.74 Å². The minimum atomic E-state index is 0.436. The van der Waals surface area contributed by atoms with E-state index in [-0.39, 0.29) is 0 Å². The molecule has 0 bridgehead atoms. The molecule has 1 fully saturated rings. The van der Waals surface area contributed by atoms with Gasteiger partial charge in [0.25, 0.3) is 0 Å². The molecule has 0 aromatic carbocycles. The van der Waals surface area contributed by atoms with Crippen molar-refractivity contribution in [3.05, 3.63) is 0 Å². The lowest BCUT2D eigenvalue weighted by molar-refractivity contribution is 0.120. The summed E-state index contributed by atoms with van der Waals surface area (Å²) in [5.41, 5.74) is 0.436. The zero-order valence-electron chi connectivity index (χ0n) is 10.8. The molecular formula is C13H27NO. The van der Waals surface area contributed by atoms with Crippen molar-refractivity contribution in [2.75, 3.05) is 20.3 Å². The third kappa shape index (κ3) is 4.12. The van der Waals surface area contributed by atoms with Gasteiger partial charge in [0.05, 0.1) is 6.61 Å². The van der Waals surface area contributed by atoms with Crippen molar-refractivity contribution in [2.24, 2.45) is 11.3 Å². The summed E-state index contributed by atoms with van der Waals surface area (Å²) in [5.74, 6) is 0.822. The van der Waals surface area contributed by atoms with Crippen LogP contribution in [0.25, 0.3) is 0 Å². The van der Waals surface area contributed by atoms with Crippen molar-refractivity contribution in [3.8, 4) is 0 Å². The molecule has 1 rings (SSSR count). The van der Waals surface area contributed by atoms with E-state index in [1.165, 1.54) is 25.7 Å². The number of hydrogen-bond acceptors (Lipinski definition) is 2. The molecule has 0 radical (unpaired) electrons. The minimum Gasteiger partial charge on any atom is -0.383 e. The van der Waals surface area contributed by atoms with E-state index >= 15 is 0 Å². The van der Waals surface area contributed by atoms with Crippen LogP contribution in [0.2, 0.25) is 0 Å². The van der Waals surface area contributed by atoms with Gasteiger partial charge in [-0.3, -0.25) is 0 Å². The van der Waals surface area contributed by atoms with E-state index in [4.69, 9.17) is 4.74 Å². The Bertz CT molecular complexity index is 174. The number of ether oxygens (including phenoxy) is 1. The SMILES string of the molecule is COCCNC1CCCCC1C(C)(C)C. The normalized spacial score (nSPS) is 28.0. The fourth-order valence-electron chi connectivity index (χ4n) is 2.76. The van der Waals surface area contributed by atoms with Crippen molar-refractivity contribution in [3.63, 3.8) is 0 Å². The van der Waals surface area contributed by atoms with Crippen LogP contribution in [0.1, 0.15) is 46.5 Å². The molecule has 2 atom stereocenters. The summed E-state index contributed by atoms with van der Waals surface area (Å²) in [5, 5.41) is 3.65. The second-order valence-corrected chi connectivity index (χ2v) is 5.81. The van der Waals surface area contributed by atoms with Gasteiger partial charge in [0, 0.05) is 19.7 Å². The zero-order chi connectivity index (χ0) is 11.3. The molecular weight excluding hydrogens is 186 g/mol. The van der Waals surface area contributed by atoms with Gasteiger partial charge in [-0.15, -0.1) is 0 Å². The molecule has 0 aliphatic heterocycles. The van der Waals surface area contributed by atoms with Crippen LogP contribution in [0.3, 0.4) is 0 Å². The van der Waals surface area contributed by atoms with Crippen molar-refractivity contribution in [1.29, 1.82) is 0 Å². The first-order valence-corrected chi connectivity index (χ1v) is 6.28. The molecule has 0 aromatic rings. The lowest BCUT2D eigenvalue weighted by Gasteiger charge is -2.41. The van der Waals surface area contributed by atoms with Gasteiger partial charge in [-0.25, -0.2) is 0 Å². The molecule has 0 aromatic heterocycles. The Hall–Kier alpha value is -0.0800.